The third kappa shape index (κ3) is 3.46. The minimum atomic E-state index is -1.08. The van der Waals surface area contributed by atoms with Crippen LogP contribution in [-0.4, -0.2) is 28.1 Å². The number of aliphatic carboxylic acids is 1. The van der Waals surface area contributed by atoms with Gasteiger partial charge in [-0.15, -0.1) is 0 Å². The zero-order valence-corrected chi connectivity index (χ0v) is 11.6. The van der Waals surface area contributed by atoms with Crippen LogP contribution in [0.15, 0.2) is 22.7 Å². The van der Waals surface area contributed by atoms with Gasteiger partial charge in [0.25, 0.3) is 5.91 Å². The van der Waals surface area contributed by atoms with Gasteiger partial charge in [-0.25, -0.2) is 4.79 Å². The van der Waals surface area contributed by atoms with Crippen LogP contribution in [0.4, 0.5) is 0 Å². The second-order valence-electron chi connectivity index (χ2n) is 4.20. The first-order chi connectivity index (χ1) is 8.32. The Hall–Kier alpha value is -1.56. The van der Waals surface area contributed by atoms with E-state index in [9.17, 15) is 14.7 Å². The number of aromatic hydroxyl groups is 1. The Morgan fingerprint density at radius 1 is 1.33 bits per heavy atom. The quantitative estimate of drug-likeness (QED) is 0.793. The topological polar surface area (TPSA) is 86.6 Å². The van der Waals surface area contributed by atoms with Gasteiger partial charge < -0.3 is 15.5 Å². The second kappa shape index (κ2) is 5.86. The van der Waals surface area contributed by atoms with E-state index in [-0.39, 0.29) is 17.2 Å². The van der Waals surface area contributed by atoms with Crippen LogP contribution in [-0.2, 0) is 4.79 Å². The molecule has 0 aliphatic heterocycles. The van der Waals surface area contributed by atoms with Crippen molar-refractivity contribution < 1.29 is 19.8 Å². The number of hydrogen-bond acceptors (Lipinski definition) is 3. The van der Waals surface area contributed by atoms with Crippen LogP contribution in [0.2, 0.25) is 0 Å². The Balaban J connectivity index is 2.87. The van der Waals surface area contributed by atoms with Crippen molar-refractivity contribution in [1.82, 2.24) is 5.32 Å². The summed E-state index contributed by atoms with van der Waals surface area (Å²) in [4.78, 5) is 22.8. The van der Waals surface area contributed by atoms with Crippen LogP contribution in [0.3, 0.4) is 0 Å². The molecular formula is C12H14BrNO4. The number of carbonyl (C=O) groups is 2. The summed E-state index contributed by atoms with van der Waals surface area (Å²) >= 11 is 3.10. The van der Waals surface area contributed by atoms with E-state index in [2.05, 4.69) is 21.2 Å². The third-order valence-corrected chi connectivity index (χ3v) is 3.10. The molecule has 0 saturated heterocycles. The smallest absolute Gasteiger partial charge is 0.326 e. The summed E-state index contributed by atoms with van der Waals surface area (Å²) in [6.07, 6.45) is 0. The maximum Gasteiger partial charge on any atom is 0.326 e. The minimum Gasteiger partial charge on any atom is -0.507 e. The Kier molecular flexibility index (Phi) is 4.72. The molecule has 0 bridgehead atoms. The Labute approximate surface area is 113 Å². The SMILES string of the molecule is CC(C)[C@@H](NC(=O)c1ccc(Br)c(O)c1)C(=O)O. The zero-order valence-electron chi connectivity index (χ0n) is 9.98. The molecule has 0 fully saturated rings. The van der Waals surface area contributed by atoms with E-state index in [1.807, 2.05) is 0 Å². The van der Waals surface area contributed by atoms with Crippen LogP contribution in [0.1, 0.15) is 24.2 Å². The standard InChI is InChI=1S/C12H14BrNO4/c1-6(2)10(12(17)18)14-11(16)7-3-4-8(13)9(15)5-7/h3-6,10,15H,1-2H3,(H,14,16)(H,17,18)/t10-/m1/s1. The monoisotopic (exact) mass is 315 g/mol. The summed E-state index contributed by atoms with van der Waals surface area (Å²) in [5.74, 6) is -1.91. The Morgan fingerprint density at radius 3 is 2.39 bits per heavy atom. The number of carboxylic acids is 1. The fraction of sp³-hybridized carbons (Fsp3) is 0.333. The largest absolute Gasteiger partial charge is 0.507 e. The van der Waals surface area contributed by atoms with E-state index < -0.39 is 17.9 Å². The number of benzene rings is 1. The maximum atomic E-state index is 11.8. The lowest BCUT2D eigenvalue weighted by atomic mass is 10.0. The van der Waals surface area contributed by atoms with Crippen LogP contribution in [0.5, 0.6) is 5.75 Å². The highest BCUT2D eigenvalue weighted by atomic mass is 79.9. The average molecular weight is 316 g/mol. The highest BCUT2D eigenvalue weighted by molar-refractivity contribution is 9.10. The van der Waals surface area contributed by atoms with E-state index in [1.54, 1.807) is 13.8 Å². The molecule has 0 aliphatic carbocycles. The molecule has 3 N–H and O–H groups in total. The highest BCUT2D eigenvalue weighted by Gasteiger charge is 2.24. The first-order valence-electron chi connectivity index (χ1n) is 5.35. The Morgan fingerprint density at radius 2 is 1.94 bits per heavy atom. The summed E-state index contributed by atoms with van der Waals surface area (Å²) < 4.78 is 0.470. The molecule has 5 nitrogen and oxygen atoms in total. The second-order valence-corrected chi connectivity index (χ2v) is 5.05. The molecular weight excluding hydrogens is 302 g/mol. The number of hydrogen-bond donors (Lipinski definition) is 3. The number of halogens is 1. The van der Waals surface area contributed by atoms with Gasteiger partial charge in [0.1, 0.15) is 11.8 Å². The molecule has 18 heavy (non-hydrogen) atoms. The van der Waals surface area contributed by atoms with Crippen LogP contribution >= 0.6 is 15.9 Å². The first-order valence-corrected chi connectivity index (χ1v) is 6.14. The molecule has 0 spiro atoms. The Bertz CT molecular complexity index is 473. The van der Waals surface area contributed by atoms with Gasteiger partial charge in [-0.3, -0.25) is 4.79 Å². The van der Waals surface area contributed by atoms with Gasteiger partial charge in [0.15, 0.2) is 0 Å². The van der Waals surface area contributed by atoms with Gasteiger partial charge in [0.05, 0.1) is 4.47 Å². The molecule has 0 unspecified atom stereocenters. The van der Waals surface area contributed by atoms with Crippen molar-refractivity contribution in [3.05, 3.63) is 28.2 Å². The van der Waals surface area contributed by atoms with Gasteiger partial charge >= 0.3 is 5.97 Å². The van der Waals surface area contributed by atoms with Gasteiger partial charge in [0, 0.05) is 5.56 Å². The maximum absolute atomic E-state index is 11.8. The molecule has 1 amide bonds. The van der Waals surface area contributed by atoms with E-state index in [4.69, 9.17) is 5.11 Å². The lowest BCUT2D eigenvalue weighted by molar-refractivity contribution is -0.140. The molecule has 1 aromatic carbocycles. The molecule has 6 heteroatoms. The number of amides is 1. The number of carbonyl (C=O) groups excluding carboxylic acids is 1. The molecule has 0 radical (unpaired) electrons. The molecule has 1 rings (SSSR count). The molecule has 0 saturated carbocycles. The number of phenolic OH excluding ortho intramolecular Hbond substituents is 1. The lowest BCUT2D eigenvalue weighted by Crippen LogP contribution is -2.44. The van der Waals surface area contributed by atoms with Gasteiger partial charge in [-0.05, 0) is 40.0 Å². The average Bonchev–Trinajstić information content (AvgIpc) is 2.28. The van der Waals surface area contributed by atoms with Crippen LogP contribution < -0.4 is 5.32 Å². The predicted molar refractivity (Wildman–Crippen MR) is 69.5 cm³/mol. The van der Waals surface area contributed by atoms with Gasteiger partial charge in [0.2, 0.25) is 0 Å². The fourth-order valence-electron chi connectivity index (χ4n) is 1.39. The summed E-state index contributed by atoms with van der Waals surface area (Å²) in [6, 6.07) is 3.34. The fourth-order valence-corrected chi connectivity index (χ4v) is 1.64. The third-order valence-electron chi connectivity index (χ3n) is 2.43. The van der Waals surface area contributed by atoms with E-state index in [0.29, 0.717) is 4.47 Å². The highest BCUT2D eigenvalue weighted by Crippen LogP contribution is 2.24. The lowest BCUT2D eigenvalue weighted by Gasteiger charge is -2.17. The van der Waals surface area contributed by atoms with Crippen molar-refractivity contribution in [2.45, 2.75) is 19.9 Å². The van der Waals surface area contributed by atoms with Gasteiger partial charge in [-0.1, -0.05) is 13.8 Å². The van der Waals surface area contributed by atoms with Crippen molar-refractivity contribution in [3.8, 4) is 5.75 Å². The summed E-state index contributed by atoms with van der Waals surface area (Å²) in [5, 5.41) is 20.8. The minimum absolute atomic E-state index is 0.0703. The van der Waals surface area contributed by atoms with E-state index in [0.717, 1.165) is 0 Å². The van der Waals surface area contributed by atoms with Crippen molar-refractivity contribution in [2.24, 2.45) is 5.92 Å². The summed E-state index contributed by atoms with van der Waals surface area (Å²) in [7, 11) is 0. The number of carboxylic acid groups (broad SMARTS) is 1. The molecule has 0 aliphatic rings. The molecule has 0 heterocycles. The van der Waals surface area contributed by atoms with Crippen LogP contribution in [0, 0.1) is 5.92 Å². The van der Waals surface area contributed by atoms with Crippen molar-refractivity contribution in [2.75, 3.05) is 0 Å². The number of rotatable bonds is 4. The van der Waals surface area contributed by atoms with E-state index in [1.165, 1.54) is 18.2 Å². The molecule has 0 aromatic heterocycles. The molecule has 1 atom stereocenters. The molecule has 98 valence electrons. The van der Waals surface area contributed by atoms with Crippen molar-refractivity contribution in [3.63, 3.8) is 0 Å². The molecule has 1 aromatic rings. The zero-order chi connectivity index (χ0) is 13.9. The number of nitrogens with one attached hydrogen (secondary N) is 1. The van der Waals surface area contributed by atoms with E-state index >= 15 is 0 Å². The summed E-state index contributed by atoms with van der Waals surface area (Å²) in [5.41, 5.74) is 0.211. The predicted octanol–water partition coefficient (Wildman–Crippen LogP) is 1.99. The van der Waals surface area contributed by atoms with Gasteiger partial charge in [-0.2, -0.15) is 0 Å². The normalized spacial score (nSPS) is 12.2. The number of phenols is 1. The first kappa shape index (κ1) is 14.5. The van der Waals surface area contributed by atoms with Crippen LogP contribution in [0.25, 0.3) is 0 Å². The van der Waals surface area contributed by atoms with Crippen molar-refractivity contribution in [1.29, 1.82) is 0 Å². The van der Waals surface area contributed by atoms with Crippen molar-refractivity contribution >= 4 is 27.8 Å². The summed E-state index contributed by atoms with van der Waals surface area (Å²) in [6.45, 7) is 3.41.